The molecule has 8 rings (SSSR count). The first-order valence-corrected chi connectivity index (χ1v) is 13.2. The number of nitrogens with zero attached hydrogens (tertiary/aromatic N) is 2. The summed E-state index contributed by atoms with van der Waals surface area (Å²) < 4.78 is 8.79. The second-order valence-electron chi connectivity index (χ2n) is 9.81. The Morgan fingerprint density at radius 1 is 0.436 bits per heavy atom. The highest BCUT2D eigenvalue weighted by atomic mass is 16.3. The van der Waals surface area contributed by atoms with E-state index in [1.807, 2.05) is 12.1 Å². The van der Waals surface area contributed by atoms with E-state index in [0.717, 1.165) is 44.7 Å². The Bertz CT molecular complexity index is 2060. The second-order valence-corrected chi connectivity index (χ2v) is 9.81. The van der Waals surface area contributed by atoms with Gasteiger partial charge in [-0.3, -0.25) is 0 Å². The molecule has 0 aliphatic carbocycles. The molecular weight excluding hydrogens is 476 g/mol. The fourth-order valence-electron chi connectivity index (χ4n) is 5.86. The molecule has 3 nitrogen and oxygen atoms in total. The largest absolute Gasteiger partial charge is 0.454 e. The van der Waals surface area contributed by atoms with E-state index in [-0.39, 0.29) is 0 Å². The molecule has 0 saturated carbocycles. The van der Waals surface area contributed by atoms with Gasteiger partial charge in [-0.25, -0.2) is 0 Å². The molecular formula is C36H24N2O. The Morgan fingerprint density at radius 2 is 1.00 bits per heavy atom. The Morgan fingerprint density at radius 3 is 1.72 bits per heavy atom. The van der Waals surface area contributed by atoms with Crippen molar-refractivity contribution >= 4 is 60.8 Å². The molecule has 2 heterocycles. The number of furan rings is 1. The molecule has 0 aliphatic heterocycles. The highest BCUT2D eigenvalue weighted by Gasteiger charge is 2.19. The van der Waals surface area contributed by atoms with Crippen molar-refractivity contribution in [3.8, 4) is 5.69 Å². The molecule has 2 aromatic heterocycles. The summed E-state index contributed by atoms with van der Waals surface area (Å²) in [5.74, 6) is 0. The molecule has 0 radical (unpaired) electrons. The molecule has 0 atom stereocenters. The van der Waals surface area contributed by atoms with Crippen LogP contribution in [0.5, 0.6) is 0 Å². The first-order chi connectivity index (χ1) is 19.4. The van der Waals surface area contributed by atoms with Crippen LogP contribution in [0, 0.1) is 0 Å². The van der Waals surface area contributed by atoms with Crippen molar-refractivity contribution in [2.24, 2.45) is 0 Å². The fraction of sp³-hybridized carbons (Fsp3) is 0. The summed E-state index contributed by atoms with van der Waals surface area (Å²) in [4.78, 5) is 2.28. The number of hydrogen-bond donors (Lipinski definition) is 0. The molecule has 0 bridgehead atoms. The Kier molecular flexibility index (Phi) is 4.82. The van der Waals surface area contributed by atoms with Crippen LogP contribution in [0.2, 0.25) is 0 Å². The van der Waals surface area contributed by atoms with Crippen LogP contribution in [-0.2, 0) is 0 Å². The number of aromatic nitrogens is 1. The maximum atomic E-state index is 6.44. The van der Waals surface area contributed by atoms with Gasteiger partial charge in [-0.2, -0.15) is 0 Å². The second kappa shape index (κ2) is 8.64. The van der Waals surface area contributed by atoms with Crippen molar-refractivity contribution in [1.82, 2.24) is 4.57 Å². The van der Waals surface area contributed by atoms with Crippen LogP contribution in [-0.4, -0.2) is 4.57 Å². The van der Waals surface area contributed by atoms with Crippen LogP contribution >= 0.6 is 0 Å². The van der Waals surface area contributed by atoms with Gasteiger partial charge in [0, 0.05) is 38.6 Å². The lowest BCUT2D eigenvalue weighted by molar-refractivity contribution is 0.669. The van der Waals surface area contributed by atoms with Gasteiger partial charge >= 0.3 is 0 Å². The monoisotopic (exact) mass is 500 g/mol. The summed E-state index contributed by atoms with van der Waals surface area (Å²) in [6, 6.07) is 51.2. The van der Waals surface area contributed by atoms with Crippen LogP contribution in [0.25, 0.3) is 49.4 Å². The lowest BCUT2D eigenvalue weighted by Gasteiger charge is -2.25. The maximum absolute atomic E-state index is 6.44. The molecule has 8 aromatic rings. The Labute approximate surface area is 225 Å². The zero-order chi connectivity index (χ0) is 25.8. The normalized spacial score (nSPS) is 11.6. The van der Waals surface area contributed by atoms with Crippen LogP contribution in [0.15, 0.2) is 150 Å². The van der Waals surface area contributed by atoms with Gasteiger partial charge in [0.25, 0.3) is 0 Å². The molecule has 184 valence electrons. The van der Waals surface area contributed by atoms with Gasteiger partial charge < -0.3 is 13.9 Å². The van der Waals surface area contributed by atoms with Gasteiger partial charge in [0.05, 0.1) is 16.7 Å². The molecule has 0 N–H and O–H groups in total. The first kappa shape index (κ1) is 21.8. The molecule has 0 amide bonds. The van der Waals surface area contributed by atoms with E-state index in [2.05, 4.69) is 143 Å². The molecule has 0 saturated heterocycles. The van der Waals surface area contributed by atoms with Crippen molar-refractivity contribution in [2.75, 3.05) is 4.90 Å². The van der Waals surface area contributed by atoms with E-state index in [9.17, 15) is 0 Å². The molecule has 6 aromatic carbocycles. The highest BCUT2D eigenvalue weighted by Crippen LogP contribution is 2.42. The summed E-state index contributed by atoms with van der Waals surface area (Å²) in [6.45, 7) is 0. The Balaban J connectivity index is 1.32. The van der Waals surface area contributed by atoms with Crippen LogP contribution < -0.4 is 4.90 Å². The van der Waals surface area contributed by atoms with Gasteiger partial charge in [0.15, 0.2) is 5.58 Å². The molecule has 0 unspecified atom stereocenters. The first-order valence-electron chi connectivity index (χ1n) is 13.2. The summed E-state index contributed by atoms with van der Waals surface area (Å²) in [6.07, 6.45) is 0. The summed E-state index contributed by atoms with van der Waals surface area (Å²) in [5.41, 5.74) is 8.49. The van der Waals surface area contributed by atoms with Gasteiger partial charge in [0.2, 0.25) is 0 Å². The number of anilines is 3. The molecule has 3 heteroatoms. The average molecular weight is 501 g/mol. The van der Waals surface area contributed by atoms with E-state index in [4.69, 9.17) is 4.42 Å². The minimum absolute atomic E-state index is 0.883. The predicted octanol–water partition coefficient (Wildman–Crippen LogP) is 10.2. The third-order valence-corrected chi connectivity index (χ3v) is 7.58. The number of fused-ring (bicyclic) bond motifs is 6. The summed E-state index contributed by atoms with van der Waals surface area (Å²) >= 11 is 0. The van der Waals surface area contributed by atoms with Crippen LogP contribution in [0.1, 0.15) is 0 Å². The van der Waals surface area contributed by atoms with Gasteiger partial charge in [-0.15, -0.1) is 0 Å². The quantitative estimate of drug-likeness (QED) is 0.240. The van der Waals surface area contributed by atoms with Crippen molar-refractivity contribution in [3.05, 3.63) is 146 Å². The third kappa shape index (κ3) is 3.37. The third-order valence-electron chi connectivity index (χ3n) is 7.58. The van der Waals surface area contributed by atoms with Crippen molar-refractivity contribution < 1.29 is 4.42 Å². The smallest absolute Gasteiger partial charge is 0.159 e. The SMILES string of the molecule is c1ccc(N(c2ccc(-n3c4ccccc4c4ccccc43)cc2)c2cccc3c2oc2ccccc23)cc1. The van der Waals surface area contributed by atoms with Gasteiger partial charge in [-0.1, -0.05) is 84.9 Å². The van der Waals surface area contributed by atoms with Gasteiger partial charge in [-0.05, 0) is 60.7 Å². The van der Waals surface area contributed by atoms with E-state index in [0.29, 0.717) is 0 Å². The number of rotatable bonds is 4. The van der Waals surface area contributed by atoms with Gasteiger partial charge in [0.1, 0.15) is 5.58 Å². The van der Waals surface area contributed by atoms with E-state index >= 15 is 0 Å². The fourth-order valence-corrected chi connectivity index (χ4v) is 5.86. The maximum Gasteiger partial charge on any atom is 0.159 e. The standard InChI is InChI=1S/C36H24N2O/c1-2-11-25(12-3-1)37(34-19-10-16-31-30-15-6-9-20-35(30)39-36(31)34)26-21-23-27(24-22-26)38-32-17-7-4-13-28(32)29-14-5-8-18-33(29)38/h1-24H. The average Bonchev–Trinajstić information content (AvgIpc) is 3.55. The minimum Gasteiger partial charge on any atom is -0.454 e. The van der Waals surface area contributed by atoms with Crippen LogP contribution in [0.4, 0.5) is 17.1 Å². The topological polar surface area (TPSA) is 21.3 Å². The molecule has 0 fully saturated rings. The van der Waals surface area contributed by atoms with Crippen molar-refractivity contribution in [2.45, 2.75) is 0 Å². The Hall–Kier alpha value is -5.28. The number of hydrogen-bond acceptors (Lipinski definition) is 2. The highest BCUT2D eigenvalue weighted by molar-refractivity contribution is 6.11. The molecule has 0 spiro atoms. The predicted molar refractivity (Wildman–Crippen MR) is 163 cm³/mol. The van der Waals surface area contributed by atoms with Crippen LogP contribution in [0.3, 0.4) is 0 Å². The van der Waals surface area contributed by atoms with E-state index in [1.165, 1.54) is 21.8 Å². The summed E-state index contributed by atoms with van der Waals surface area (Å²) in [7, 11) is 0. The number of benzene rings is 6. The van der Waals surface area contributed by atoms with E-state index < -0.39 is 0 Å². The molecule has 39 heavy (non-hydrogen) atoms. The lowest BCUT2D eigenvalue weighted by Crippen LogP contribution is -2.10. The van der Waals surface area contributed by atoms with Crippen molar-refractivity contribution in [3.63, 3.8) is 0 Å². The minimum atomic E-state index is 0.883. The van der Waals surface area contributed by atoms with Crippen molar-refractivity contribution in [1.29, 1.82) is 0 Å². The van der Waals surface area contributed by atoms with E-state index in [1.54, 1.807) is 0 Å². The number of para-hydroxylation sites is 5. The summed E-state index contributed by atoms with van der Waals surface area (Å²) in [5, 5.41) is 4.77. The zero-order valence-electron chi connectivity index (χ0n) is 21.2. The zero-order valence-corrected chi connectivity index (χ0v) is 21.2. The molecule has 0 aliphatic rings. The lowest BCUT2D eigenvalue weighted by atomic mass is 10.1.